The Bertz CT molecular complexity index is 702. The van der Waals surface area contributed by atoms with Gasteiger partial charge in [-0.2, -0.15) is 0 Å². The molecule has 1 aliphatic heterocycles. The number of nitrogens with zero attached hydrogens (tertiary/aromatic N) is 3. The van der Waals surface area contributed by atoms with E-state index < -0.39 is 5.97 Å². The van der Waals surface area contributed by atoms with E-state index in [1.807, 2.05) is 4.90 Å². The highest BCUT2D eigenvalue weighted by atomic mass is 19.1. The normalized spacial score (nSPS) is 15.4. The van der Waals surface area contributed by atoms with Crippen molar-refractivity contribution in [3.63, 3.8) is 0 Å². The van der Waals surface area contributed by atoms with Gasteiger partial charge < -0.3 is 15.3 Å². The molecule has 7 heteroatoms. The standard InChI is InChI=1S/C16H17FN4O2/c17-12-3-1-2-4-13(12)20-14-9-15(19-10-18-14)21-7-5-11(6-8-21)16(22)23/h1-4,9-11H,5-8H2,(H,22,23)(H,18,19,20). The molecule has 1 fully saturated rings. The number of carboxylic acids is 1. The molecule has 2 aromatic rings. The number of rotatable bonds is 4. The Morgan fingerprint density at radius 2 is 2.00 bits per heavy atom. The Kier molecular flexibility index (Phi) is 4.36. The van der Waals surface area contributed by atoms with E-state index in [0.717, 1.165) is 0 Å². The molecule has 3 rings (SSSR count). The van der Waals surface area contributed by atoms with Crippen molar-refractivity contribution in [1.29, 1.82) is 0 Å². The molecule has 1 aromatic carbocycles. The number of anilines is 3. The van der Waals surface area contributed by atoms with E-state index in [-0.39, 0.29) is 11.7 Å². The van der Waals surface area contributed by atoms with Crippen molar-refractivity contribution >= 4 is 23.3 Å². The highest BCUT2D eigenvalue weighted by Crippen LogP contribution is 2.24. The molecule has 2 N–H and O–H groups in total. The zero-order valence-corrected chi connectivity index (χ0v) is 12.4. The summed E-state index contributed by atoms with van der Waals surface area (Å²) < 4.78 is 13.7. The van der Waals surface area contributed by atoms with Gasteiger partial charge in [0.15, 0.2) is 0 Å². The molecule has 1 saturated heterocycles. The van der Waals surface area contributed by atoms with Gasteiger partial charge >= 0.3 is 5.97 Å². The number of aromatic nitrogens is 2. The van der Waals surface area contributed by atoms with Gasteiger partial charge in [-0.25, -0.2) is 14.4 Å². The molecule has 23 heavy (non-hydrogen) atoms. The monoisotopic (exact) mass is 316 g/mol. The summed E-state index contributed by atoms with van der Waals surface area (Å²) in [5.41, 5.74) is 0.349. The number of piperidine rings is 1. The predicted molar refractivity (Wildman–Crippen MR) is 84.3 cm³/mol. The van der Waals surface area contributed by atoms with E-state index in [9.17, 15) is 9.18 Å². The summed E-state index contributed by atoms with van der Waals surface area (Å²) in [7, 11) is 0. The number of hydrogen-bond donors (Lipinski definition) is 2. The Balaban J connectivity index is 1.71. The van der Waals surface area contributed by atoms with Crippen molar-refractivity contribution in [2.24, 2.45) is 5.92 Å². The summed E-state index contributed by atoms with van der Waals surface area (Å²) in [5.74, 6) is -0.170. The number of nitrogens with one attached hydrogen (secondary N) is 1. The topological polar surface area (TPSA) is 78.4 Å². The lowest BCUT2D eigenvalue weighted by Gasteiger charge is -2.31. The molecular weight excluding hydrogens is 299 g/mol. The number of para-hydroxylation sites is 1. The maximum Gasteiger partial charge on any atom is 0.306 e. The molecular formula is C16H17FN4O2. The van der Waals surface area contributed by atoms with Gasteiger partial charge in [0.25, 0.3) is 0 Å². The zero-order valence-electron chi connectivity index (χ0n) is 12.4. The van der Waals surface area contributed by atoms with Gasteiger partial charge in [-0.15, -0.1) is 0 Å². The van der Waals surface area contributed by atoms with E-state index in [1.165, 1.54) is 12.4 Å². The molecule has 0 aliphatic carbocycles. The molecule has 1 aliphatic rings. The second kappa shape index (κ2) is 6.60. The summed E-state index contributed by atoms with van der Waals surface area (Å²) in [6.45, 7) is 1.26. The Hall–Kier alpha value is -2.70. The van der Waals surface area contributed by atoms with Gasteiger partial charge in [-0.1, -0.05) is 12.1 Å². The van der Waals surface area contributed by atoms with Crippen molar-refractivity contribution in [2.45, 2.75) is 12.8 Å². The quantitative estimate of drug-likeness (QED) is 0.903. The Morgan fingerprint density at radius 1 is 1.26 bits per heavy atom. The molecule has 0 radical (unpaired) electrons. The van der Waals surface area contributed by atoms with Crippen LogP contribution in [0.2, 0.25) is 0 Å². The maximum atomic E-state index is 13.7. The SMILES string of the molecule is O=C(O)C1CCN(c2cc(Nc3ccccc3F)ncn2)CC1. The number of halogens is 1. The van der Waals surface area contributed by atoms with E-state index in [4.69, 9.17) is 5.11 Å². The Morgan fingerprint density at radius 3 is 2.70 bits per heavy atom. The third kappa shape index (κ3) is 3.56. The predicted octanol–water partition coefficient (Wildman–Crippen LogP) is 2.66. The molecule has 2 heterocycles. The first kappa shape index (κ1) is 15.2. The fraction of sp³-hybridized carbons (Fsp3) is 0.312. The van der Waals surface area contributed by atoms with Crippen LogP contribution in [0.1, 0.15) is 12.8 Å². The van der Waals surface area contributed by atoms with Crippen LogP contribution in [0.3, 0.4) is 0 Å². The van der Waals surface area contributed by atoms with Crippen molar-refractivity contribution in [1.82, 2.24) is 9.97 Å². The van der Waals surface area contributed by atoms with E-state index in [2.05, 4.69) is 15.3 Å². The average Bonchev–Trinajstić information content (AvgIpc) is 2.57. The van der Waals surface area contributed by atoms with Crippen LogP contribution in [-0.2, 0) is 4.79 Å². The van der Waals surface area contributed by atoms with Crippen molar-refractivity contribution in [2.75, 3.05) is 23.3 Å². The summed E-state index contributed by atoms with van der Waals surface area (Å²) in [6, 6.07) is 8.12. The van der Waals surface area contributed by atoms with Crippen LogP contribution >= 0.6 is 0 Å². The third-order valence-corrected chi connectivity index (χ3v) is 3.96. The molecule has 0 saturated carbocycles. The molecule has 1 aromatic heterocycles. The molecule has 0 atom stereocenters. The van der Waals surface area contributed by atoms with Crippen LogP contribution < -0.4 is 10.2 Å². The summed E-state index contributed by atoms with van der Waals surface area (Å²) in [5, 5.41) is 12.0. The van der Waals surface area contributed by atoms with Crippen LogP contribution in [0.15, 0.2) is 36.7 Å². The van der Waals surface area contributed by atoms with Gasteiger partial charge in [-0.3, -0.25) is 4.79 Å². The van der Waals surface area contributed by atoms with Crippen LogP contribution in [0, 0.1) is 11.7 Å². The molecule has 0 spiro atoms. The van der Waals surface area contributed by atoms with Crippen LogP contribution in [0.4, 0.5) is 21.7 Å². The van der Waals surface area contributed by atoms with Crippen molar-refractivity contribution in [3.8, 4) is 0 Å². The third-order valence-electron chi connectivity index (χ3n) is 3.96. The molecule has 120 valence electrons. The second-order valence-electron chi connectivity index (χ2n) is 5.47. The van der Waals surface area contributed by atoms with Gasteiger partial charge in [0.2, 0.25) is 0 Å². The number of benzene rings is 1. The summed E-state index contributed by atoms with van der Waals surface area (Å²) in [6.07, 6.45) is 2.60. The minimum absolute atomic E-state index is 0.288. The number of hydrogen-bond acceptors (Lipinski definition) is 5. The Labute approximate surface area is 133 Å². The average molecular weight is 316 g/mol. The van der Waals surface area contributed by atoms with Crippen molar-refractivity contribution in [3.05, 3.63) is 42.5 Å². The highest BCUT2D eigenvalue weighted by Gasteiger charge is 2.25. The first-order valence-corrected chi connectivity index (χ1v) is 7.45. The molecule has 0 amide bonds. The number of aliphatic carboxylic acids is 1. The minimum atomic E-state index is -0.741. The number of carbonyl (C=O) groups is 1. The first-order chi connectivity index (χ1) is 11.1. The lowest BCUT2D eigenvalue weighted by Crippen LogP contribution is -2.36. The second-order valence-corrected chi connectivity index (χ2v) is 5.47. The molecule has 6 nitrogen and oxygen atoms in total. The fourth-order valence-electron chi connectivity index (χ4n) is 2.64. The summed E-state index contributed by atoms with van der Waals surface area (Å²) >= 11 is 0. The maximum absolute atomic E-state index is 13.7. The van der Waals surface area contributed by atoms with Gasteiger partial charge in [0, 0.05) is 19.2 Å². The van der Waals surface area contributed by atoms with Gasteiger partial charge in [0.1, 0.15) is 23.8 Å². The van der Waals surface area contributed by atoms with Crippen molar-refractivity contribution < 1.29 is 14.3 Å². The smallest absolute Gasteiger partial charge is 0.306 e. The molecule has 0 bridgehead atoms. The molecule has 0 unspecified atom stereocenters. The summed E-state index contributed by atoms with van der Waals surface area (Å²) in [4.78, 5) is 21.4. The zero-order chi connectivity index (χ0) is 16.2. The van der Waals surface area contributed by atoms with Crippen LogP contribution in [0.25, 0.3) is 0 Å². The lowest BCUT2D eigenvalue weighted by atomic mass is 9.97. The van der Waals surface area contributed by atoms with Crippen LogP contribution in [0.5, 0.6) is 0 Å². The van der Waals surface area contributed by atoms with E-state index in [1.54, 1.807) is 24.3 Å². The van der Waals surface area contributed by atoms with Gasteiger partial charge in [0.05, 0.1) is 11.6 Å². The van der Waals surface area contributed by atoms with Crippen LogP contribution in [-0.4, -0.2) is 34.1 Å². The lowest BCUT2D eigenvalue weighted by molar-refractivity contribution is -0.142. The number of carboxylic acid groups (broad SMARTS) is 1. The minimum Gasteiger partial charge on any atom is -0.481 e. The fourth-order valence-corrected chi connectivity index (χ4v) is 2.64. The highest BCUT2D eigenvalue weighted by molar-refractivity contribution is 5.70. The first-order valence-electron chi connectivity index (χ1n) is 7.45. The largest absolute Gasteiger partial charge is 0.481 e. The van der Waals surface area contributed by atoms with E-state index >= 15 is 0 Å². The van der Waals surface area contributed by atoms with E-state index in [0.29, 0.717) is 43.3 Å². The van der Waals surface area contributed by atoms with Gasteiger partial charge in [-0.05, 0) is 25.0 Å².